The van der Waals surface area contributed by atoms with Gasteiger partial charge in [-0.1, -0.05) is 0 Å². The molecule has 6 nitrogen and oxygen atoms in total. The van der Waals surface area contributed by atoms with Gasteiger partial charge in [0.25, 0.3) is 0 Å². The Bertz CT molecular complexity index is 624. The number of nitrogens with zero attached hydrogens (tertiary/aromatic N) is 2. The monoisotopic (exact) mass is 326 g/mol. The van der Waals surface area contributed by atoms with Crippen LogP contribution in [0.2, 0.25) is 0 Å². The number of halogens is 1. The maximum atomic E-state index is 11.8. The first kappa shape index (κ1) is 16.4. The van der Waals surface area contributed by atoms with Gasteiger partial charge in [0.05, 0.1) is 5.75 Å². The maximum Gasteiger partial charge on any atom is 0.244 e. The van der Waals surface area contributed by atoms with Crippen molar-refractivity contribution in [3.8, 4) is 0 Å². The third-order valence-electron chi connectivity index (χ3n) is 2.35. The van der Waals surface area contributed by atoms with Crippen molar-refractivity contribution in [2.24, 2.45) is 0 Å². The molecule has 0 aromatic carbocycles. The van der Waals surface area contributed by atoms with Crippen molar-refractivity contribution < 1.29 is 16.8 Å². The molecule has 0 amide bonds. The highest BCUT2D eigenvalue weighted by Gasteiger charge is 2.20. The van der Waals surface area contributed by atoms with Crippen LogP contribution in [-0.2, 0) is 19.9 Å². The molecule has 0 atom stereocenters. The van der Waals surface area contributed by atoms with E-state index in [-0.39, 0.29) is 21.6 Å². The van der Waals surface area contributed by atoms with E-state index in [0.717, 1.165) is 10.5 Å². The number of rotatable bonds is 6. The lowest BCUT2D eigenvalue weighted by atomic mass is 10.5. The van der Waals surface area contributed by atoms with Crippen LogP contribution in [0.3, 0.4) is 0 Å². The molecule has 19 heavy (non-hydrogen) atoms. The highest BCUT2D eigenvalue weighted by atomic mass is 35.5. The van der Waals surface area contributed by atoms with E-state index >= 15 is 0 Å². The Morgan fingerprint density at radius 2 is 1.84 bits per heavy atom. The number of alkyl halides is 1. The normalized spacial score (nSPS) is 12.8. The van der Waals surface area contributed by atoms with Gasteiger partial charge in [-0.05, 0) is 18.6 Å². The molecule has 0 unspecified atom stereocenters. The number of aromatic nitrogens is 1. The molecular weight excluding hydrogens is 312 g/mol. The highest BCUT2D eigenvalue weighted by Crippen LogP contribution is 2.15. The van der Waals surface area contributed by atoms with Crippen LogP contribution >= 0.6 is 11.6 Å². The minimum Gasteiger partial charge on any atom is -0.243 e. The quantitative estimate of drug-likeness (QED) is 0.720. The molecule has 1 aromatic rings. The van der Waals surface area contributed by atoms with Crippen LogP contribution in [-0.4, -0.2) is 51.9 Å². The lowest BCUT2D eigenvalue weighted by Gasteiger charge is -2.11. The standard InChI is InChI=1S/C10H15ClN2O4S2/c1-13(2)19(16,17)9-4-5-10(12-8-9)18(14,15)7-3-6-11/h4-5,8H,3,6-7H2,1-2H3. The first-order valence-electron chi connectivity index (χ1n) is 5.39. The van der Waals surface area contributed by atoms with E-state index in [9.17, 15) is 16.8 Å². The van der Waals surface area contributed by atoms with Crippen molar-refractivity contribution in [2.45, 2.75) is 16.3 Å². The van der Waals surface area contributed by atoms with Gasteiger partial charge in [0.1, 0.15) is 4.90 Å². The lowest BCUT2D eigenvalue weighted by molar-refractivity contribution is 0.520. The summed E-state index contributed by atoms with van der Waals surface area (Å²) in [5, 5.41) is -0.143. The number of hydrogen-bond donors (Lipinski definition) is 0. The maximum absolute atomic E-state index is 11.8. The molecule has 108 valence electrons. The molecule has 0 aliphatic carbocycles. The molecule has 0 aliphatic heterocycles. The Balaban J connectivity index is 3.07. The van der Waals surface area contributed by atoms with Crippen molar-refractivity contribution >= 4 is 31.5 Å². The fourth-order valence-electron chi connectivity index (χ4n) is 1.26. The third-order valence-corrected chi connectivity index (χ3v) is 6.12. The summed E-state index contributed by atoms with van der Waals surface area (Å²) in [6.07, 6.45) is 1.37. The molecule has 1 heterocycles. The number of sulfonamides is 1. The predicted molar refractivity (Wildman–Crippen MR) is 72.5 cm³/mol. The zero-order chi connectivity index (χ0) is 14.7. The van der Waals surface area contributed by atoms with Crippen molar-refractivity contribution in [2.75, 3.05) is 25.7 Å². The fraction of sp³-hybridized carbons (Fsp3) is 0.500. The molecule has 0 fully saturated rings. The van der Waals surface area contributed by atoms with Crippen molar-refractivity contribution in [1.82, 2.24) is 9.29 Å². The van der Waals surface area contributed by atoms with E-state index in [1.165, 1.54) is 26.2 Å². The molecule has 1 aromatic heterocycles. The predicted octanol–water partition coefficient (Wildman–Crippen LogP) is 0.734. The van der Waals surface area contributed by atoms with Crippen LogP contribution in [0.5, 0.6) is 0 Å². The van der Waals surface area contributed by atoms with Crippen LogP contribution in [0.25, 0.3) is 0 Å². The Labute approximate surface area is 118 Å². The first-order chi connectivity index (χ1) is 8.71. The summed E-state index contributed by atoms with van der Waals surface area (Å²) >= 11 is 5.45. The van der Waals surface area contributed by atoms with Gasteiger partial charge in [-0.2, -0.15) is 0 Å². The zero-order valence-electron chi connectivity index (χ0n) is 10.6. The zero-order valence-corrected chi connectivity index (χ0v) is 13.0. The van der Waals surface area contributed by atoms with Gasteiger partial charge in [-0.25, -0.2) is 26.1 Å². The number of pyridine rings is 1. The number of sulfone groups is 1. The average molecular weight is 327 g/mol. The van der Waals surface area contributed by atoms with Crippen LogP contribution in [0, 0.1) is 0 Å². The van der Waals surface area contributed by atoms with Gasteiger partial charge in [0, 0.05) is 26.2 Å². The second-order valence-electron chi connectivity index (χ2n) is 3.98. The molecule has 0 N–H and O–H groups in total. The largest absolute Gasteiger partial charge is 0.244 e. The summed E-state index contributed by atoms with van der Waals surface area (Å²) in [4.78, 5) is 3.67. The van der Waals surface area contributed by atoms with Gasteiger partial charge in [0.2, 0.25) is 10.0 Å². The third kappa shape index (κ3) is 3.88. The molecule has 0 saturated heterocycles. The van der Waals surface area contributed by atoms with E-state index in [1.54, 1.807) is 0 Å². The topological polar surface area (TPSA) is 84.4 Å². The van der Waals surface area contributed by atoms with Gasteiger partial charge in [-0.3, -0.25) is 0 Å². The highest BCUT2D eigenvalue weighted by molar-refractivity contribution is 7.91. The van der Waals surface area contributed by atoms with E-state index in [2.05, 4.69) is 4.98 Å². The summed E-state index contributed by atoms with van der Waals surface area (Å²) in [5.74, 6) is 0.135. The van der Waals surface area contributed by atoms with E-state index in [0.29, 0.717) is 6.42 Å². The van der Waals surface area contributed by atoms with Crippen LogP contribution < -0.4 is 0 Å². The number of hydrogen-bond acceptors (Lipinski definition) is 5. The minimum absolute atomic E-state index is 0.0474. The molecule has 0 bridgehead atoms. The molecule has 0 radical (unpaired) electrons. The van der Waals surface area contributed by atoms with Gasteiger partial charge < -0.3 is 0 Å². The smallest absolute Gasteiger partial charge is 0.243 e. The van der Waals surface area contributed by atoms with Gasteiger partial charge in [-0.15, -0.1) is 11.6 Å². The van der Waals surface area contributed by atoms with Crippen molar-refractivity contribution in [1.29, 1.82) is 0 Å². The molecule has 0 saturated carbocycles. The second-order valence-corrected chi connectivity index (χ2v) is 8.57. The molecule has 0 aliphatic rings. The summed E-state index contributed by atoms with van der Waals surface area (Å²) in [6, 6.07) is 2.43. The minimum atomic E-state index is -3.60. The Hall–Kier alpha value is -0.700. The SMILES string of the molecule is CN(C)S(=O)(=O)c1ccc(S(=O)(=O)CCCCl)nc1. The fourth-order valence-corrected chi connectivity index (χ4v) is 3.63. The summed E-state index contributed by atoms with van der Waals surface area (Å²) in [7, 11) is -4.33. The molecule has 1 rings (SSSR count). The van der Waals surface area contributed by atoms with E-state index in [1.807, 2.05) is 0 Å². The molecular formula is C10H15ClN2O4S2. The summed E-state index contributed by atoms with van der Waals surface area (Å²) < 4.78 is 48.2. The van der Waals surface area contributed by atoms with Gasteiger partial charge in [0.15, 0.2) is 14.9 Å². The van der Waals surface area contributed by atoms with Crippen LogP contribution in [0.1, 0.15) is 6.42 Å². The second kappa shape index (κ2) is 6.17. The Morgan fingerprint density at radius 3 is 2.26 bits per heavy atom. The van der Waals surface area contributed by atoms with Crippen LogP contribution in [0.4, 0.5) is 0 Å². The van der Waals surface area contributed by atoms with E-state index < -0.39 is 19.9 Å². The molecule has 9 heteroatoms. The molecule has 0 spiro atoms. The van der Waals surface area contributed by atoms with E-state index in [4.69, 9.17) is 11.6 Å². The van der Waals surface area contributed by atoms with Crippen molar-refractivity contribution in [3.05, 3.63) is 18.3 Å². The average Bonchev–Trinajstić information content (AvgIpc) is 2.36. The van der Waals surface area contributed by atoms with Gasteiger partial charge >= 0.3 is 0 Å². The van der Waals surface area contributed by atoms with Crippen molar-refractivity contribution in [3.63, 3.8) is 0 Å². The van der Waals surface area contributed by atoms with Crippen LogP contribution in [0.15, 0.2) is 28.3 Å². The Kier molecular flexibility index (Phi) is 5.31. The first-order valence-corrected chi connectivity index (χ1v) is 9.02. The Morgan fingerprint density at radius 1 is 1.21 bits per heavy atom. The summed E-state index contributed by atoms with van der Waals surface area (Å²) in [6.45, 7) is 0. The lowest BCUT2D eigenvalue weighted by Crippen LogP contribution is -2.22. The summed E-state index contributed by atoms with van der Waals surface area (Å²) in [5.41, 5.74) is 0.